The van der Waals surface area contributed by atoms with E-state index in [0.717, 1.165) is 27.2 Å². The molecule has 0 saturated heterocycles. The minimum absolute atomic E-state index is 0.0606. The van der Waals surface area contributed by atoms with Crippen LogP contribution in [0.15, 0.2) is 60.8 Å². The Hall–Kier alpha value is -3.34. The third kappa shape index (κ3) is 2.02. The number of hydrogen-bond donors (Lipinski definition) is 1. The van der Waals surface area contributed by atoms with E-state index in [1.54, 1.807) is 18.2 Å². The fourth-order valence-corrected chi connectivity index (χ4v) is 3.18. The number of aromatic nitrogens is 1. The number of phenols is 1. The van der Waals surface area contributed by atoms with Crippen LogP contribution >= 0.6 is 0 Å². The Labute approximate surface area is 137 Å². The highest BCUT2D eigenvalue weighted by Gasteiger charge is 2.16. The number of nitro benzene ring substituents is 1. The van der Waals surface area contributed by atoms with E-state index in [0.29, 0.717) is 5.69 Å². The number of aryl methyl sites for hydroxylation is 1. The highest BCUT2D eigenvalue weighted by Crippen LogP contribution is 2.35. The average Bonchev–Trinajstić information content (AvgIpc) is 2.91. The van der Waals surface area contributed by atoms with Crippen molar-refractivity contribution in [3.8, 4) is 11.4 Å². The van der Waals surface area contributed by atoms with E-state index in [4.69, 9.17) is 0 Å². The van der Waals surface area contributed by atoms with E-state index in [-0.39, 0.29) is 11.4 Å². The molecule has 5 nitrogen and oxygen atoms in total. The summed E-state index contributed by atoms with van der Waals surface area (Å²) in [5.41, 5.74) is 2.48. The van der Waals surface area contributed by atoms with E-state index in [9.17, 15) is 15.2 Å². The number of hydrogen-bond acceptors (Lipinski definition) is 3. The zero-order valence-corrected chi connectivity index (χ0v) is 12.9. The molecular weight excluding hydrogens is 304 g/mol. The number of non-ortho nitro benzene ring substituents is 1. The first kappa shape index (κ1) is 14.3. The number of nitro groups is 1. The maximum atomic E-state index is 11.0. The minimum atomic E-state index is -0.397. The van der Waals surface area contributed by atoms with Gasteiger partial charge in [0.15, 0.2) is 0 Å². The molecule has 0 radical (unpaired) electrons. The Balaban J connectivity index is 2.08. The van der Waals surface area contributed by atoms with Crippen molar-refractivity contribution < 1.29 is 10.0 Å². The maximum Gasteiger partial charge on any atom is 0.270 e. The number of aromatic hydroxyl groups is 1. The number of nitrogens with zero attached hydrogens (tertiary/aromatic N) is 2. The van der Waals surface area contributed by atoms with Crippen molar-refractivity contribution in [1.29, 1.82) is 0 Å². The summed E-state index contributed by atoms with van der Waals surface area (Å²) < 4.78 is 1.89. The van der Waals surface area contributed by atoms with Gasteiger partial charge in [0.1, 0.15) is 5.75 Å². The second-order valence-corrected chi connectivity index (χ2v) is 5.80. The highest BCUT2D eigenvalue weighted by molar-refractivity contribution is 5.96. The predicted octanol–water partition coefficient (Wildman–Crippen LogP) is 4.71. The Kier molecular flexibility index (Phi) is 3.03. The van der Waals surface area contributed by atoms with Gasteiger partial charge in [0.2, 0.25) is 0 Å². The van der Waals surface area contributed by atoms with Crippen LogP contribution in [0.1, 0.15) is 5.56 Å². The van der Waals surface area contributed by atoms with Crippen LogP contribution in [0.3, 0.4) is 0 Å². The molecule has 1 N–H and O–H groups in total. The summed E-state index contributed by atoms with van der Waals surface area (Å²) in [6.45, 7) is 1.91. The molecule has 4 aromatic rings. The fraction of sp³-hybridized carbons (Fsp3) is 0.0526. The normalized spacial score (nSPS) is 11.2. The molecule has 1 aromatic heterocycles. The molecule has 0 aliphatic heterocycles. The molecule has 118 valence electrons. The Morgan fingerprint density at radius 2 is 1.83 bits per heavy atom. The van der Waals surface area contributed by atoms with Gasteiger partial charge in [-0.25, -0.2) is 0 Å². The van der Waals surface area contributed by atoms with Crippen LogP contribution < -0.4 is 0 Å². The zero-order valence-electron chi connectivity index (χ0n) is 12.9. The fourth-order valence-electron chi connectivity index (χ4n) is 3.18. The van der Waals surface area contributed by atoms with Crippen LogP contribution in [-0.4, -0.2) is 14.6 Å². The molecule has 0 bridgehead atoms. The van der Waals surface area contributed by atoms with E-state index < -0.39 is 4.92 Å². The molecule has 24 heavy (non-hydrogen) atoms. The van der Waals surface area contributed by atoms with E-state index in [1.165, 1.54) is 6.07 Å². The van der Waals surface area contributed by atoms with Crippen LogP contribution in [0.25, 0.3) is 27.4 Å². The van der Waals surface area contributed by atoms with Gasteiger partial charge in [0.05, 0.1) is 16.1 Å². The average molecular weight is 318 g/mol. The number of fused-ring (bicyclic) bond motifs is 2. The zero-order chi connectivity index (χ0) is 16.8. The lowest BCUT2D eigenvalue weighted by Crippen LogP contribution is -1.95. The summed E-state index contributed by atoms with van der Waals surface area (Å²) in [7, 11) is 0. The molecule has 1 heterocycles. The Morgan fingerprint density at radius 1 is 1.04 bits per heavy atom. The van der Waals surface area contributed by atoms with Crippen LogP contribution in [0, 0.1) is 17.0 Å². The number of phenolic OH excluding ortho intramolecular Hbond substituents is 1. The second kappa shape index (κ2) is 5.09. The monoisotopic (exact) mass is 318 g/mol. The molecule has 0 saturated carbocycles. The summed E-state index contributed by atoms with van der Waals surface area (Å²) in [4.78, 5) is 10.6. The Morgan fingerprint density at radius 3 is 2.62 bits per heavy atom. The van der Waals surface area contributed by atoms with Crippen molar-refractivity contribution in [3.63, 3.8) is 0 Å². The molecule has 0 fully saturated rings. The van der Waals surface area contributed by atoms with Crippen molar-refractivity contribution in [1.82, 2.24) is 4.57 Å². The second-order valence-electron chi connectivity index (χ2n) is 5.80. The highest BCUT2D eigenvalue weighted by atomic mass is 16.6. The number of benzene rings is 3. The van der Waals surface area contributed by atoms with Gasteiger partial charge in [0, 0.05) is 29.1 Å². The minimum Gasteiger partial charge on any atom is -0.506 e. The lowest BCUT2D eigenvalue weighted by molar-refractivity contribution is -0.384. The largest absolute Gasteiger partial charge is 0.506 e. The SMILES string of the molecule is Cc1cn(-c2c(O)ccc3ccccc23)c2ccc([N+](=O)[O-])cc12. The van der Waals surface area contributed by atoms with E-state index in [2.05, 4.69) is 0 Å². The van der Waals surface area contributed by atoms with Gasteiger partial charge in [-0.05, 0) is 30.0 Å². The molecule has 4 rings (SSSR count). The lowest BCUT2D eigenvalue weighted by Gasteiger charge is -2.11. The molecular formula is C19H14N2O3. The van der Waals surface area contributed by atoms with E-state index >= 15 is 0 Å². The van der Waals surface area contributed by atoms with Gasteiger partial charge in [-0.2, -0.15) is 0 Å². The molecule has 3 aromatic carbocycles. The first-order chi connectivity index (χ1) is 11.6. The molecule has 0 amide bonds. The van der Waals surface area contributed by atoms with Crippen molar-refractivity contribution >= 4 is 27.4 Å². The molecule has 0 unspecified atom stereocenters. The van der Waals surface area contributed by atoms with Gasteiger partial charge in [0.25, 0.3) is 5.69 Å². The maximum absolute atomic E-state index is 11.0. The van der Waals surface area contributed by atoms with Crippen molar-refractivity contribution in [2.45, 2.75) is 6.92 Å². The van der Waals surface area contributed by atoms with Gasteiger partial charge in [-0.3, -0.25) is 10.1 Å². The summed E-state index contributed by atoms with van der Waals surface area (Å²) >= 11 is 0. The van der Waals surface area contributed by atoms with Crippen LogP contribution in [-0.2, 0) is 0 Å². The summed E-state index contributed by atoms with van der Waals surface area (Å²) in [6.07, 6.45) is 1.90. The quantitative estimate of drug-likeness (QED) is 0.430. The topological polar surface area (TPSA) is 68.3 Å². The third-order valence-corrected chi connectivity index (χ3v) is 4.32. The van der Waals surface area contributed by atoms with Gasteiger partial charge >= 0.3 is 0 Å². The van der Waals surface area contributed by atoms with E-state index in [1.807, 2.05) is 48.0 Å². The Bertz CT molecular complexity index is 1110. The molecule has 0 aliphatic carbocycles. The van der Waals surface area contributed by atoms with Crippen LogP contribution in [0.4, 0.5) is 5.69 Å². The smallest absolute Gasteiger partial charge is 0.270 e. The van der Waals surface area contributed by atoms with Crippen LogP contribution in [0.5, 0.6) is 5.75 Å². The summed E-state index contributed by atoms with van der Waals surface area (Å²) in [6, 6.07) is 16.1. The predicted molar refractivity (Wildman–Crippen MR) is 93.8 cm³/mol. The first-order valence-corrected chi connectivity index (χ1v) is 7.53. The molecule has 0 spiro atoms. The van der Waals surface area contributed by atoms with Gasteiger partial charge < -0.3 is 9.67 Å². The van der Waals surface area contributed by atoms with Crippen molar-refractivity contribution in [3.05, 3.63) is 76.5 Å². The van der Waals surface area contributed by atoms with Crippen molar-refractivity contribution in [2.75, 3.05) is 0 Å². The number of rotatable bonds is 2. The summed E-state index contributed by atoms with van der Waals surface area (Å²) in [5, 5.41) is 24.2. The van der Waals surface area contributed by atoms with Crippen molar-refractivity contribution in [2.24, 2.45) is 0 Å². The van der Waals surface area contributed by atoms with Crippen LogP contribution in [0.2, 0.25) is 0 Å². The molecule has 0 atom stereocenters. The molecule has 5 heteroatoms. The van der Waals surface area contributed by atoms with Gasteiger partial charge in [-0.1, -0.05) is 30.3 Å². The third-order valence-electron chi connectivity index (χ3n) is 4.32. The first-order valence-electron chi connectivity index (χ1n) is 7.53. The lowest BCUT2D eigenvalue weighted by atomic mass is 10.1. The molecule has 0 aliphatic rings. The van der Waals surface area contributed by atoms with Gasteiger partial charge in [-0.15, -0.1) is 0 Å². The standard InChI is InChI=1S/C19H14N2O3/c1-12-11-20(17-8-7-14(21(23)24)10-16(12)17)19-15-5-3-2-4-13(15)6-9-18(19)22/h2-11,22H,1H3. The summed E-state index contributed by atoms with van der Waals surface area (Å²) in [5.74, 6) is 0.170.